The molecule has 2 aromatic heterocycles. The summed E-state index contributed by atoms with van der Waals surface area (Å²) in [4.78, 5) is 19.2. The molecule has 5 heteroatoms. The molecule has 4 nitrogen and oxygen atoms in total. The molecule has 0 saturated carbocycles. The third-order valence-electron chi connectivity index (χ3n) is 7.23. The number of aromatic nitrogens is 4. The van der Waals surface area contributed by atoms with E-state index in [0.717, 1.165) is 54.7 Å². The Morgan fingerprint density at radius 1 is 0.349 bits per heavy atom. The summed E-state index contributed by atoms with van der Waals surface area (Å²) in [6, 6.07) is 49.5. The SMILES string of the molecule is Brc1cc(-c2cccc(-c3ccc(-c4ccccn4)cc3)c2)cc(-c2nc(-c3ccccc3)nc(-c3ccccc3)n2)c1. The molecular formula is C38H25BrN4. The molecule has 0 amide bonds. The highest BCUT2D eigenvalue weighted by atomic mass is 79.9. The number of halogens is 1. The van der Waals surface area contributed by atoms with Gasteiger partial charge in [0.05, 0.1) is 5.69 Å². The van der Waals surface area contributed by atoms with E-state index in [9.17, 15) is 0 Å². The lowest BCUT2D eigenvalue weighted by Gasteiger charge is -2.11. The summed E-state index contributed by atoms with van der Waals surface area (Å²) in [5.74, 6) is 1.90. The van der Waals surface area contributed by atoms with Gasteiger partial charge in [-0.2, -0.15) is 0 Å². The number of rotatable bonds is 6. The molecular weight excluding hydrogens is 592 g/mol. The standard InChI is InChI=1S/C38H25BrN4/c39-34-24-32(31-15-9-14-30(22-31)26-17-19-27(20-18-26)35-16-7-8-21-40-35)23-33(25-34)38-42-36(28-10-3-1-4-11-28)41-37(43-38)29-12-5-2-6-13-29/h1-25H. The zero-order chi connectivity index (χ0) is 29.0. The molecule has 204 valence electrons. The molecule has 43 heavy (non-hydrogen) atoms. The van der Waals surface area contributed by atoms with Crippen molar-refractivity contribution < 1.29 is 0 Å². The zero-order valence-corrected chi connectivity index (χ0v) is 24.7. The Morgan fingerprint density at radius 2 is 0.837 bits per heavy atom. The second kappa shape index (κ2) is 11.9. The highest BCUT2D eigenvalue weighted by Gasteiger charge is 2.14. The van der Waals surface area contributed by atoms with Gasteiger partial charge in [0.15, 0.2) is 17.5 Å². The van der Waals surface area contributed by atoms with Crippen LogP contribution in [-0.4, -0.2) is 19.9 Å². The quantitative estimate of drug-likeness (QED) is 0.186. The fourth-order valence-electron chi connectivity index (χ4n) is 5.07. The number of nitrogens with zero attached hydrogens (tertiary/aromatic N) is 4. The molecule has 0 aliphatic heterocycles. The van der Waals surface area contributed by atoms with Gasteiger partial charge < -0.3 is 0 Å². The molecule has 0 aliphatic rings. The van der Waals surface area contributed by atoms with Crippen molar-refractivity contribution in [3.05, 3.63) is 156 Å². The fourth-order valence-corrected chi connectivity index (χ4v) is 5.56. The summed E-state index contributed by atoms with van der Waals surface area (Å²) >= 11 is 3.75. The summed E-state index contributed by atoms with van der Waals surface area (Å²) in [6.45, 7) is 0. The van der Waals surface area contributed by atoms with Crippen molar-refractivity contribution in [2.45, 2.75) is 0 Å². The van der Waals surface area contributed by atoms with E-state index in [2.05, 4.69) is 87.6 Å². The molecule has 5 aromatic carbocycles. The number of pyridine rings is 1. The van der Waals surface area contributed by atoms with Gasteiger partial charge in [0.1, 0.15) is 0 Å². The molecule has 0 unspecified atom stereocenters. The minimum Gasteiger partial charge on any atom is -0.256 e. The Bertz CT molecular complexity index is 1950. The first-order valence-electron chi connectivity index (χ1n) is 14.0. The third kappa shape index (κ3) is 5.89. The van der Waals surface area contributed by atoms with Gasteiger partial charge in [-0.1, -0.05) is 125 Å². The van der Waals surface area contributed by atoms with Gasteiger partial charge in [0.2, 0.25) is 0 Å². The van der Waals surface area contributed by atoms with Crippen LogP contribution in [0.5, 0.6) is 0 Å². The Hall–Kier alpha value is -5.26. The minimum absolute atomic E-state index is 0.622. The lowest BCUT2D eigenvalue weighted by molar-refractivity contribution is 1.07. The van der Waals surface area contributed by atoms with Crippen LogP contribution in [0.25, 0.3) is 67.7 Å². The average molecular weight is 618 g/mol. The monoisotopic (exact) mass is 616 g/mol. The van der Waals surface area contributed by atoms with E-state index in [-0.39, 0.29) is 0 Å². The van der Waals surface area contributed by atoms with Crippen molar-refractivity contribution in [2.75, 3.05) is 0 Å². The number of hydrogen-bond acceptors (Lipinski definition) is 4. The molecule has 0 fully saturated rings. The van der Waals surface area contributed by atoms with Crippen LogP contribution in [0.15, 0.2) is 156 Å². The summed E-state index contributed by atoms with van der Waals surface area (Å²) < 4.78 is 0.952. The van der Waals surface area contributed by atoms with E-state index >= 15 is 0 Å². The van der Waals surface area contributed by atoms with Crippen molar-refractivity contribution >= 4 is 15.9 Å². The van der Waals surface area contributed by atoms with E-state index in [4.69, 9.17) is 15.0 Å². The van der Waals surface area contributed by atoms with E-state index < -0.39 is 0 Å². The van der Waals surface area contributed by atoms with Gasteiger partial charge >= 0.3 is 0 Å². The van der Waals surface area contributed by atoms with Crippen LogP contribution < -0.4 is 0 Å². The average Bonchev–Trinajstić information content (AvgIpc) is 3.09. The molecule has 0 spiro atoms. The number of hydrogen-bond donors (Lipinski definition) is 0. The van der Waals surface area contributed by atoms with Crippen molar-refractivity contribution in [1.29, 1.82) is 0 Å². The molecule has 7 rings (SSSR count). The molecule has 0 atom stereocenters. The lowest BCUT2D eigenvalue weighted by atomic mass is 9.97. The van der Waals surface area contributed by atoms with Gasteiger partial charge in [0.25, 0.3) is 0 Å². The third-order valence-corrected chi connectivity index (χ3v) is 7.69. The van der Waals surface area contributed by atoms with E-state index in [1.165, 1.54) is 0 Å². The van der Waals surface area contributed by atoms with Crippen molar-refractivity contribution in [2.24, 2.45) is 0 Å². The van der Waals surface area contributed by atoms with Gasteiger partial charge in [0, 0.05) is 32.9 Å². The first kappa shape index (κ1) is 26.6. The van der Waals surface area contributed by atoms with Crippen LogP contribution in [0.4, 0.5) is 0 Å². The molecule has 0 bridgehead atoms. The number of benzene rings is 5. The largest absolute Gasteiger partial charge is 0.256 e. The predicted octanol–water partition coefficient (Wildman–Crippen LogP) is 10.0. The van der Waals surface area contributed by atoms with Crippen LogP contribution in [0.3, 0.4) is 0 Å². The molecule has 2 heterocycles. The predicted molar refractivity (Wildman–Crippen MR) is 178 cm³/mol. The summed E-state index contributed by atoms with van der Waals surface area (Å²) in [7, 11) is 0. The van der Waals surface area contributed by atoms with Crippen molar-refractivity contribution in [1.82, 2.24) is 19.9 Å². The maximum atomic E-state index is 4.93. The highest BCUT2D eigenvalue weighted by Crippen LogP contribution is 2.33. The summed E-state index contributed by atoms with van der Waals surface area (Å²) in [5, 5.41) is 0. The first-order valence-corrected chi connectivity index (χ1v) is 14.8. The molecule has 0 saturated heterocycles. The Balaban J connectivity index is 1.27. The van der Waals surface area contributed by atoms with Gasteiger partial charge in [-0.25, -0.2) is 15.0 Å². The van der Waals surface area contributed by atoms with E-state index in [0.29, 0.717) is 17.5 Å². The van der Waals surface area contributed by atoms with Crippen LogP contribution in [0, 0.1) is 0 Å². The van der Waals surface area contributed by atoms with E-state index in [1.54, 1.807) is 0 Å². The maximum absolute atomic E-state index is 4.93. The van der Waals surface area contributed by atoms with Gasteiger partial charge in [-0.05, 0) is 58.7 Å². The van der Waals surface area contributed by atoms with Crippen LogP contribution in [-0.2, 0) is 0 Å². The highest BCUT2D eigenvalue weighted by molar-refractivity contribution is 9.10. The smallest absolute Gasteiger partial charge is 0.164 e. The normalized spacial score (nSPS) is 10.9. The van der Waals surface area contributed by atoms with Crippen LogP contribution >= 0.6 is 15.9 Å². The van der Waals surface area contributed by atoms with Gasteiger partial charge in [-0.3, -0.25) is 4.98 Å². The molecule has 7 aromatic rings. The molecule has 0 N–H and O–H groups in total. The minimum atomic E-state index is 0.622. The summed E-state index contributed by atoms with van der Waals surface area (Å²) in [5.41, 5.74) is 9.33. The second-order valence-electron chi connectivity index (χ2n) is 10.1. The lowest BCUT2D eigenvalue weighted by Crippen LogP contribution is -2.00. The second-order valence-corrected chi connectivity index (χ2v) is 11.1. The van der Waals surface area contributed by atoms with Crippen molar-refractivity contribution in [3.63, 3.8) is 0 Å². The fraction of sp³-hybridized carbons (Fsp3) is 0. The zero-order valence-electron chi connectivity index (χ0n) is 23.1. The van der Waals surface area contributed by atoms with Crippen molar-refractivity contribution in [3.8, 4) is 67.7 Å². The maximum Gasteiger partial charge on any atom is 0.164 e. The molecule has 0 aliphatic carbocycles. The first-order chi connectivity index (χ1) is 21.2. The van der Waals surface area contributed by atoms with Crippen LogP contribution in [0.1, 0.15) is 0 Å². The topological polar surface area (TPSA) is 51.6 Å². The Labute approximate surface area is 259 Å². The molecule has 0 radical (unpaired) electrons. The Kier molecular flexibility index (Phi) is 7.38. The van der Waals surface area contributed by atoms with Crippen LogP contribution in [0.2, 0.25) is 0 Å². The Morgan fingerprint density at radius 3 is 1.44 bits per heavy atom. The van der Waals surface area contributed by atoms with E-state index in [1.807, 2.05) is 85.1 Å². The summed E-state index contributed by atoms with van der Waals surface area (Å²) in [6.07, 6.45) is 1.82. The van der Waals surface area contributed by atoms with Gasteiger partial charge in [-0.15, -0.1) is 0 Å².